The minimum atomic E-state index is 0.882. The predicted molar refractivity (Wildman–Crippen MR) is 36.7 cm³/mol. The Kier molecular flexibility index (Phi) is 1.75. The molecule has 0 amide bonds. The van der Waals surface area contributed by atoms with Gasteiger partial charge in [-0.25, -0.2) is 4.49 Å². The van der Waals surface area contributed by atoms with E-state index < -0.39 is 0 Å². The second-order valence-corrected chi connectivity index (χ2v) is 2.85. The van der Waals surface area contributed by atoms with Crippen molar-refractivity contribution >= 4 is 23.8 Å². The molecule has 0 aliphatic rings. The molecule has 0 aromatic carbocycles. The second-order valence-electron chi connectivity index (χ2n) is 1.39. The molecule has 0 saturated carbocycles. The van der Waals surface area contributed by atoms with Crippen LogP contribution in [0.5, 0.6) is 0 Å². The Labute approximate surface area is 56.7 Å². The number of hydrogen-bond acceptors (Lipinski definition) is 3. The number of nitrogens with one attached hydrogen (secondary N) is 1. The van der Waals surface area contributed by atoms with Crippen molar-refractivity contribution in [3.63, 3.8) is 0 Å². The van der Waals surface area contributed by atoms with Crippen LogP contribution in [0.15, 0.2) is 0 Å². The van der Waals surface area contributed by atoms with Gasteiger partial charge in [0.25, 0.3) is 0 Å². The molecule has 44 valence electrons. The molecule has 1 N–H and O–H groups in total. The summed E-state index contributed by atoms with van der Waals surface area (Å²) in [6, 6.07) is 0. The molecule has 8 heavy (non-hydrogen) atoms. The fourth-order valence-corrected chi connectivity index (χ4v) is 1.30. The average molecular weight is 146 g/mol. The number of aromatic nitrogens is 2. The Hall–Kier alpha value is -0.220. The van der Waals surface area contributed by atoms with Crippen LogP contribution in [0.2, 0.25) is 0 Å². The number of hydrogen-bond donors (Lipinski definition) is 1. The summed E-state index contributed by atoms with van der Waals surface area (Å²) in [5.41, 5.74) is 1.00. The van der Waals surface area contributed by atoms with Crippen molar-refractivity contribution in [1.29, 1.82) is 0 Å². The fraction of sp³-hybridized carbons (Fsp3) is 0.500. The fourth-order valence-electron chi connectivity index (χ4n) is 0.447. The van der Waals surface area contributed by atoms with E-state index in [9.17, 15) is 0 Å². The molecule has 0 aliphatic heterocycles. The van der Waals surface area contributed by atoms with Gasteiger partial charge in [-0.3, -0.25) is 0 Å². The Balaban J connectivity index is 3.11. The first-order valence-electron chi connectivity index (χ1n) is 2.37. The Morgan fingerprint density at radius 1 is 1.88 bits per heavy atom. The standard InChI is InChI=1S/C4H6N2S2/c1-2-3-4(7)8-6-5-3/h6H,2H2,1H3. The molecule has 4 heteroatoms. The van der Waals surface area contributed by atoms with E-state index in [0.29, 0.717) is 0 Å². The maximum absolute atomic E-state index is 4.91. The van der Waals surface area contributed by atoms with Crippen LogP contribution in [0.3, 0.4) is 0 Å². The van der Waals surface area contributed by atoms with E-state index in [0.717, 1.165) is 15.9 Å². The van der Waals surface area contributed by atoms with Crippen molar-refractivity contribution in [2.45, 2.75) is 13.3 Å². The van der Waals surface area contributed by atoms with Crippen LogP contribution >= 0.6 is 23.8 Å². The van der Waals surface area contributed by atoms with Gasteiger partial charge in [-0.2, -0.15) is 5.10 Å². The smallest absolute Gasteiger partial charge is 0.132 e. The summed E-state index contributed by atoms with van der Waals surface area (Å²) in [6.07, 6.45) is 0.929. The van der Waals surface area contributed by atoms with Crippen molar-refractivity contribution in [2.75, 3.05) is 0 Å². The molecule has 0 unspecified atom stereocenters. The highest BCUT2D eigenvalue weighted by Gasteiger charge is 1.91. The number of aryl methyl sites for hydroxylation is 1. The first-order chi connectivity index (χ1) is 3.84. The van der Waals surface area contributed by atoms with E-state index in [1.165, 1.54) is 11.5 Å². The van der Waals surface area contributed by atoms with Gasteiger partial charge in [0.05, 0.1) is 5.69 Å². The average Bonchev–Trinajstić information content (AvgIpc) is 2.14. The first kappa shape index (κ1) is 5.91. The third-order valence-corrected chi connectivity index (χ3v) is 1.98. The lowest BCUT2D eigenvalue weighted by Crippen LogP contribution is -1.77. The molecule has 0 aliphatic carbocycles. The quantitative estimate of drug-likeness (QED) is 0.612. The van der Waals surface area contributed by atoms with Crippen LogP contribution in [0, 0.1) is 3.82 Å². The highest BCUT2D eigenvalue weighted by Crippen LogP contribution is 2.01. The summed E-state index contributed by atoms with van der Waals surface area (Å²) in [4.78, 5) is 0. The van der Waals surface area contributed by atoms with Crippen LogP contribution in [0.25, 0.3) is 0 Å². The lowest BCUT2D eigenvalue weighted by Gasteiger charge is -1.77. The van der Waals surface area contributed by atoms with Gasteiger partial charge in [0.15, 0.2) is 0 Å². The first-order valence-corrected chi connectivity index (χ1v) is 3.59. The summed E-state index contributed by atoms with van der Waals surface area (Å²) in [6.45, 7) is 2.04. The van der Waals surface area contributed by atoms with E-state index in [2.05, 4.69) is 9.59 Å². The third-order valence-electron chi connectivity index (χ3n) is 0.889. The molecule has 1 aromatic rings. The van der Waals surface area contributed by atoms with Gasteiger partial charge in [-0.15, -0.1) is 0 Å². The molecular formula is C4H6N2S2. The van der Waals surface area contributed by atoms with Gasteiger partial charge >= 0.3 is 0 Å². The Morgan fingerprint density at radius 2 is 2.62 bits per heavy atom. The highest BCUT2D eigenvalue weighted by atomic mass is 32.2. The molecule has 0 bridgehead atoms. The molecule has 0 spiro atoms. The minimum Gasteiger partial charge on any atom is -0.231 e. The van der Waals surface area contributed by atoms with Gasteiger partial charge in [0.1, 0.15) is 3.82 Å². The summed E-state index contributed by atoms with van der Waals surface area (Å²) in [5, 5.41) is 3.92. The molecular weight excluding hydrogens is 140 g/mol. The number of H-pyrrole nitrogens is 1. The zero-order valence-electron chi connectivity index (χ0n) is 4.47. The number of nitrogens with zero attached hydrogens (tertiary/aromatic N) is 1. The molecule has 0 saturated heterocycles. The van der Waals surface area contributed by atoms with Crippen LogP contribution < -0.4 is 0 Å². The monoisotopic (exact) mass is 146 g/mol. The topological polar surface area (TPSA) is 28.7 Å². The molecule has 1 aromatic heterocycles. The van der Waals surface area contributed by atoms with Crippen LogP contribution in [0.4, 0.5) is 0 Å². The summed E-state index contributed by atoms with van der Waals surface area (Å²) in [7, 11) is 0. The predicted octanol–water partition coefficient (Wildman–Crippen LogP) is 1.76. The summed E-state index contributed by atoms with van der Waals surface area (Å²) in [5.74, 6) is 0. The van der Waals surface area contributed by atoms with Crippen LogP contribution in [-0.4, -0.2) is 9.59 Å². The number of aromatic amines is 1. The van der Waals surface area contributed by atoms with Gasteiger partial charge in [-0.1, -0.05) is 19.1 Å². The minimum absolute atomic E-state index is 0.882. The van der Waals surface area contributed by atoms with E-state index in [1.807, 2.05) is 6.92 Å². The van der Waals surface area contributed by atoms with Crippen molar-refractivity contribution in [3.05, 3.63) is 9.52 Å². The van der Waals surface area contributed by atoms with Crippen LogP contribution in [-0.2, 0) is 6.42 Å². The van der Waals surface area contributed by atoms with Crippen LogP contribution in [0.1, 0.15) is 12.6 Å². The summed E-state index contributed by atoms with van der Waals surface area (Å²) < 4.78 is 3.62. The molecule has 0 atom stereocenters. The molecule has 0 fully saturated rings. The SMILES string of the molecule is CCc1n[nH]sc1=S. The molecule has 0 radical (unpaired) electrons. The molecule has 1 rings (SSSR count). The maximum atomic E-state index is 4.91. The maximum Gasteiger partial charge on any atom is 0.132 e. The van der Waals surface area contributed by atoms with E-state index in [1.54, 1.807) is 0 Å². The second kappa shape index (κ2) is 2.37. The van der Waals surface area contributed by atoms with Gasteiger partial charge in [-0.05, 0) is 18.0 Å². The number of rotatable bonds is 1. The molecule has 2 nitrogen and oxygen atoms in total. The summed E-state index contributed by atoms with van der Waals surface area (Å²) >= 11 is 6.32. The van der Waals surface area contributed by atoms with Gasteiger partial charge < -0.3 is 0 Å². The third kappa shape index (κ3) is 0.952. The molecule has 1 heterocycles. The van der Waals surface area contributed by atoms with Crippen molar-refractivity contribution in [1.82, 2.24) is 9.59 Å². The van der Waals surface area contributed by atoms with Crippen molar-refractivity contribution in [2.24, 2.45) is 0 Å². The Bertz CT molecular complexity index is 212. The van der Waals surface area contributed by atoms with E-state index >= 15 is 0 Å². The Morgan fingerprint density at radius 3 is 2.88 bits per heavy atom. The van der Waals surface area contributed by atoms with Crippen molar-refractivity contribution in [3.8, 4) is 0 Å². The lowest BCUT2D eigenvalue weighted by molar-refractivity contribution is 0.987. The normalized spacial score (nSPS) is 9.62. The van der Waals surface area contributed by atoms with E-state index in [-0.39, 0.29) is 0 Å². The van der Waals surface area contributed by atoms with Crippen molar-refractivity contribution < 1.29 is 0 Å². The van der Waals surface area contributed by atoms with Gasteiger partial charge in [0, 0.05) is 0 Å². The largest absolute Gasteiger partial charge is 0.231 e. The van der Waals surface area contributed by atoms with Gasteiger partial charge in [0.2, 0.25) is 0 Å². The van der Waals surface area contributed by atoms with E-state index in [4.69, 9.17) is 12.2 Å². The lowest BCUT2D eigenvalue weighted by atomic mass is 10.4. The highest BCUT2D eigenvalue weighted by molar-refractivity contribution is 7.73. The zero-order chi connectivity index (χ0) is 5.98. The zero-order valence-corrected chi connectivity index (χ0v) is 6.10.